The maximum atomic E-state index is 12.6. The van der Waals surface area contributed by atoms with Crippen molar-refractivity contribution in [2.24, 2.45) is 0 Å². The number of rotatable bonds is 6. The molecule has 3 heteroatoms. The van der Waals surface area contributed by atoms with Crippen LogP contribution < -0.4 is 5.32 Å². The third kappa shape index (κ3) is 3.21. The smallest absolute Gasteiger partial charge is 0.230 e. The average molecular weight is 275 g/mol. The molecule has 0 aliphatic heterocycles. The van der Waals surface area contributed by atoms with Gasteiger partial charge in [-0.2, -0.15) is 0 Å². The molecule has 1 saturated carbocycles. The fourth-order valence-electron chi connectivity index (χ4n) is 3.11. The molecular formula is C17H25NO2. The summed E-state index contributed by atoms with van der Waals surface area (Å²) in [5.41, 5.74) is 0.782. The molecule has 0 saturated heterocycles. The van der Waals surface area contributed by atoms with E-state index in [0.717, 1.165) is 37.7 Å². The number of carbonyl (C=O) groups excluding carboxylic acids is 1. The third-order valence-electron chi connectivity index (χ3n) is 4.45. The molecule has 2 rings (SSSR count). The van der Waals surface area contributed by atoms with Crippen molar-refractivity contribution in [3.05, 3.63) is 35.9 Å². The predicted molar refractivity (Wildman–Crippen MR) is 80.5 cm³/mol. The van der Waals surface area contributed by atoms with E-state index >= 15 is 0 Å². The van der Waals surface area contributed by atoms with Gasteiger partial charge in [-0.3, -0.25) is 4.79 Å². The molecule has 0 radical (unpaired) electrons. The zero-order valence-electron chi connectivity index (χ0n) is 12.3. The van der Waals surface area contributed by atoms with Gasteiger partial charge in [0, 0.05) is 6.54 Å². The van der Waals surface area contributed by atoms with Gasteiger partial charge in [-0.05, 0) is 31.2 Å². The number of amides is 1. The van der Waals surface area contributed by atoms with Crippen LogP contribution in [0.1, 0.15) is 51.0 Å². The van der Waals surface area contributed by atoms with Crippen LogP contribution in [0, 0.1) is 0 Å². The van der Waals surface area contributed by atoms with E-state index in [4.69, 9.17) is 0 Å². The van der Waals surface area contributed by atoms with Crippen LogP contribution in [0.15, 0.2) is 30.3 Å². The second-order valence-electron chi connectivity index (χ2n) is 5.76. The molecule has 1 fully saturated rings. The first-order valence-electron chi connectivity index (χ1n) is 7.71. The summed E-state index contributed by atoms with van der Waals surface area (Å²) in [5, 5.41) is 12.6. The lowest BCUT2D eigenvalue weighted by Crippen LogP contribution is -2.43. The lowest BCUT2D eigenvalue weighted by molar-refractivity contribution is -0.126. The Morgan fingerprint density at radius 3 is 2.55 bits per heavy atom. The van der Waals surface area contributed by atoms with Gasteiger partial charge < -0.3 is 10.4 Å². The zero-order chi connectivity index (χ0) is 14.4. The number of hydrogen-bond donors (Lipinski definition) is 2. The fourth-order valence-corrected chi connectivity index (χ4v) is 3.11. The van der Waals surface area contributed by atoms with Gasteiger partial charge in [0.05, 0.1) is 11.5 Å². The SMILES string of the molecule is CCC(O)CCNC(=O)C1(c2ccccc2)CCCC1. The summed E-state index contributed by atoms with van der Waals surface area (Å²) in [6.07, 6.45) is 5.14. The summed E-state index contributed by atoms with van der Waals surface area (Å²) >= 11 is 0. The summed E-state index contributed by atoms with van der Waals surface area (Å²) in [6, 6.07) is 10.1. The van der Waals surface area contributed by atoms with Crippen molar-refractivity contribution in [1.82, 2.24) is 5.32 Å². The van der Waals surface area contributed by atoms with Crippen LogP contribution in [0.3, 0.4) is 0 Å². The van der Waals surface area contributed by atoms with E-state index in [-0.39, 0.29) is 17.4 Å². The summed E-state index contributed by atoms with van der Waals surface area (Å²) in [6.45, 7) is 2.51. The Morgan fingerprint density at radius 2 is 1.95 bits per heavy atom. The van der Waals surface area contributed by atoms with Gasteiger partial charge in [-0.25, -0.2) is 0 Å². The Balaban J connectivity index is 2.03. The van der Waals surface area contributed by atoms with Crippen LogP contribution in [0.5, 0.6) is 0 Å². The lowest BCUT2D eigenvalue weighted by Gasteiger charge is -2.28. The summed E-state index contributed by atoms with van der Waals surface area (Å²) in [4.78, 5) is 12.6. The van der Waals surface area contributed by atoms with Crippen LogP contribution in [-0.4, -0.2) is 23.7 Å². The Labute approximate surface area is 121 Å². The number of hydrogen-bond acceptors (Lipinski definition) is 2. The quantitative estimate of drug-likeness (QED) is 0.838. The maximum absolute atomic E-state index is 12.6. The van der Waals surface area contributed by atoms with Gasteiger partial charge in [0.15, 0.2) is 0 Å². The summed E-state index contributed by atoms with van der Waals surface area (Å²) in [5.74, 6) is 0.129. The van der Waals surface area contributed by atoms with Crippen molar-refractivity contribution in [2.75, 3.05) is 6.54 Å². The van der Waals surface area contributed by atoms with E-state index in [1.54, 1.807) is 0 Å². The van der Waals surface area contributed by atoms with E-state index in [0.29, 0.717) is 13.0 Å². The van der Waals surface area contributed by atoms with Gasteiger partial charge in [0.25, 0.3) is 0 Å². The highest BCUT2D eigenvalue weighted by molar-refractivity contribution is 5.88. The van der Waals surface area contributed by atoms with E-state index in [1.807, 2.05) is 25.1 Å². The number of aliphatic hydroxyl groups is 1. The monoisotopic (exact) mass is 275 g/mol. The maximum Gasteiger partial charge on any atom is 0.230 e. The molecule has 2 N–H and O–H groups in total. The first-order valence-corrected chi connectivity index (χ1v) is 7.71. The van der Waals surface area contributed by atoms with Crippen LogP contribution >= 0.6 is 0 Å². The first kappa shape index (κ1) is 15.0. The molecule has 1 aliphatic carbocycles. The van der Waals surface area contributed by atoms with Crippen molar-refractivity contribution in [3.63, 3.8) is 0 Å². The topological polar surface area (TPSA) is 49.3 Å². The highest BCUT2D eigenvalue weighted by Gasteiger charge is 2.42. The van der Waals surface area contributed by atoms with E-state index in [1.165, 1.54) is 0 Å². The molecule has 1 amide bonds. The molecule has 0 spiro atoms. The van der Waals surface area contributed by atoms with Crippen LogP contribution in [0.4, 0.5) is 0 Å². The van der Waals surface area contributed by atoms with Crippen LogP contribution in [-0.2, 0) is 10.2 Å². The Bertz CT molecular complexity index is 424. The molecule has 1 aliphatic rings. The van der Waals surface area contributed by atoms with Crippen molar-refractivity contribution in [1.29, 1.82) is 0 Å². The number of benzene rings is 1. The molecular weight excluding hydrogens is 250 g/mol. The molecule has 0 aromatic heterocycles. The molecule has 1 aromatic rings. The van der Waals surface area contributed by atoms with Crippen molar-refractivity contribution in [3.8, 4) is 0 Å². The molecule has 110 valence electrons. The van der Waals surface area contributed by atoms with Gasteiger partial charge in [0.1, 0.15) is 0 Å². The van der Waals surface area contributed by atoms with Crippen molar-refractivity contribution in [2.45, 2.75) is 57.0 Å². The van der Waals surface area contributed by atoms with Gasteiger partial charge >= 0.3 is 0 Å². The minimum absolute atomic E-state index is 0.129. The zero-order valence-corrected chi connectivity index (χ0v) is 12.3. The van der Waals surface area contributed by atoms with E-state index in [9.17, 15) is 9.90 Å². The second-order valence-corrected chi connectivity index (χ2v) is 5.76. The number of carbonyl (C=O) groups is 1. The highest BCUT2D eigenvalue weighted by Crippen LogP contribution is 2.41. The Kier molecular flexibility index (Phi) is 5.18. The average Bonchev–Trinajstić information content (AvgIpc) is 2.98. The third-order valence-corrected chi connectivity index (χ3v) is 4.45. The largest absolute Gasteiger partial charge is 0.393 e. The first-order chi connectivity index (χ1) is 9.69. The van der Waals surface area contributed by atoms with Gasteiger partial charge in [0.2, 0.25) is 5.91 Å². The van der Waals surface area contributed by atoms with Crippen LogP contribution in [0.2, 0.25) is 0 Å². The Morgan fingerprint density at radius 1 is 1.30 bits per heavy atom. The minimum Gasteiger partial charge on any atom is -0.393 e. The predicted octanol–water partition coefficient (Wildman–Crippen LogP) is 2.78. The molecule has 0 heterocycles. The standard InChI is InChI=1S/C17H25NO2/c1-2-15(19)10-13-18-16(20)17(11-6-7-12-17)14-8-4-3-5-9-14/h3-5,8-9,15,19H,2,6-7,10-13H2,1H3,(H,18,20). The fraction of sp³-hybridized carbons (Fsp3) is 0.588. The molecule has 20 heavy (non-hydrogen) atoms. The van der Waals surface area contributed by atoms with E-state index < -0.39 is 0 Å². The van der Waals surface area contributed by atoms with Gasteiger partial charge in [-0.1, -0.05) is 50.1 Å². The molecule has 0 bridgehead atoms. The van der Waals surface area contributed by atoms with Crippen molar-refractivity contribution < 1.29 is 9.90 Å². The second kappa shape index (κ2) is 6.89. The van der Waals surface area contributed by atoms with E-state index in [2.05, 4.69) is 17.4 Å². The number of nitrogens with one attached hydrogen (secondary N) is 1. The molecule has 3 nitrogen and oxygen atoms in total. The summed E-state index contributed by atoms with van der Waals surface area (Å²) in [7, 11) is 0. The van der Waals surface area contributed by atoms with Crippen LogP contribution in [0.25, 0.3) is 0 Å². The minimum atomic E-state index is -0.349. The van der Waals surface area contributed by atoms with Gasteiger partial charge in [-0.15, -0.1) is 0 Å². The molecule has 1 atom stereocenters. The van der Waals surface area contributed by atoms with Crippen molar-refractivity contribution >= 4 is 5.91 Å². The molecule has 1 unspecified atom stereocenters. The summed E-state index contributed by atoms with van der Waals surface area (Å²) < 4.78 is 0. The Hall–Kier alpha value is -1.35. The molecule has 1 aromatic carbocycles. The lowest BCUT2D eigenvalue weighted by atomic mass is 9.78. The normalized spacial score (nSPS) is 18.7. The highest BCUT2D eigenvalue weighted by atomic mass is 16.3. The number of aliphatic hydroxyl groups excluding tert-OH is 1.